The van der Waals surface area contributed by atoms with Crippen molar-refractivity contribution >= 4 is 5.69 Å². The predicted octanol–water partition coefficient (Wildman–Crippen LogP) is 3.96. The van der Waals surface area contributed by atoms with Crippen LogP contribution in [-0.4, -0.2) is 24.0 Å². The first-order valence-corrected chi connectivity index (χ1v) is 8.87. The lowest BCUT2D eigenvalue weighted by Crippen LogP contribution is -2.49. The minimum Gasteiger partial charge on any atom is -0.399 e. The van der Waals surface area contributed by atoms with Crippen molar-refractivity contribution in [2.24, 2.45) is 5.92 Å². The maximum atomic E-state index is 5.85. The fourth-order valence-electron chi connectivity index (χ4n) is 4.84. The number of nitrogen functional groups attached to an aromatic ring is 1. The van der Waals surface area contributed by atoms with Crippen LogP contribution in [-0.2, 0) is 5.41 Å². The average molecular weight is 284 g/mol. The molecule has 0 spiro atoms. The minimum absolute atomic E-state index is 0.451. The average Bonchev–Trinajstić information content (AvgIpc) is 3.29. The van der Waals surface area contributed by atoms with Crippen LogP contribution in [0.1, 0.15) is 56.9 Å². The molecule has 21 heavy (non-hydrogen) atoms. The number of hydrogen-bond donors (Lipinski definition) is 1. The number of likely N-dealkylation sites (tertiary alicyclic amines) is 1. The summed E-state index contributed by atoms with van der Waals surface area (Å²) in [5.74, 6) is 0.995. The second-order valence-electron chi connectivity index (χ2n) is 7.63. The number of nitrogens with two attached hydrogens (primary N) is 1. The molecule has 2 heteroatoms. The normalized spacial score (nSPS) is 31.6. The first kappa shape index (κ1) is 13.6. The molecule has 2 N–H and O–H groups in total. The van der Waals surface area contributed by atoms with Gasteiger partial charge < -0.3 is 5.73 Å². The summed E-state index contributed by atoms with van der Waals surface area (Å²) in [6.45, 7) is 2.62. The zero-order chi connectivity index (χ0) is 14.3. The molecule has 0 radical (unpaired) electrons. The number of benzene rings is 1. The largest absolute Gasteiger partial charge is 0.399 e. The molecular weight excluding hydrogens is 256 g/mol. The molecule has 4 rings (SSSR count). The molecule has 0 amide bonds. The van der Waals surface area contributed by atoms with Gasteiger partial charge >= 0.3 is 0 Å². The van der Waals surface area contributed by atoms with E-state index in [0.29, 0.717) is 5.41 Å². The highest BCUT2D eigenvalue weighted by atomic mass is 15.2. The van der Waals surface area contributed by atoms with E-state index in [9.17, 15) is 0 Å². The van der Waals surface area contributed by atoms with E-state index in [2.05, 4.69) is 29.2 Å². The van der Waals surface area contributed by atoms with E-state index in [0.717, 1.165) is 17.6 Å². The second-order valence-corrected chi connectivity index (χ2v) is 7.63. The Morgan fingerprint density at radius 3 is 2.48 bits per heavy atom. The van der Waals surface area contributed by atoms with Gasteiger partial charge in [0.25, 0.3) is 0 Å². The third-order valence-electron chi connectivity index (χ3n) is 6.24. The van der Waals surface area contributed by atoms with Gasteiger partial charge in [-0.1, -0.05) is 25.0 Å². The number of nitrogens with zero attached hydrogens (tertiary/aromatic N) is 1. The quantitative estimate of drug-likeness (QED) is 0.851. The van der Waals surface area contributed by atoms with E-state index in [1.807, 2.05) is 0 Å². The smallest absolute Gasteiger partial charge is 0.0314 e. The summed E-state index contributed by atoms with van der Waals surface area (Å²) in [6, 6.07) is 9.58. The molecule has 114 valence electrons. The van der Waals surface area contributed by atoms with Crippen LogP contribution in [0.15, 0.2) is 24.3 Å². The molecule has 2 atom stereocenters. The van der Waals surface area contributed by atoms with Crippen molar-refractivity contribution in [1.29, 1.82) is 0 Å². The molecule has 1 saturated heterocycles. The lowest BCUT2D eigenvalue weighted by Gasteiger charge is -2.45. The molecule has 0 unspecified atom stereocenters. The molecule has 3 aliphatic rings. The zero-order valence-corrected chi connectivity index (χ0v) is 13.1. The molecule has 2 aliphatic carbocycles. The summed E-state index contributed by atoms with van der Waals surface area (Å²) < 4.78 is 0. The van der Waals surface area contributed by atoms with E-state index in [1.54, 1.807) is 0 Å². The Morgan fingerprint density at radius 2 is 1.71 bits per heavy atom. The third kappa shape index (κ3) is 2.59. The van der Waals surface area contributed by atoms with E-state index in [-0.39, 0.29) is 0 Å². The lowest BCUT2D eigenvalue weighted by molar-refractivity contribution is 0.0531. The van der Waals surface area contributed by atoms with Crippen molar-refractivity contribution in [2.75, 3.05) is 18.8 Å². The molecule has 2 saturated carbocycles. The fraction of sp³-hybridized carbons (Fsp3) is 0.684. The first-order valence-electron chi connectivity index (χ1n) is 8.87. The topological polar surface area (TPSA) is 29.3 Å². The number of rotatable bonds is 3. The molecule has 2 nitrogen and oxygen atoms in total. The molecule has 1 aromatic carbocycles. The molecule has 1 heterocycles. The number of piperidine rings is 1. The van der Waals surface area contributed by atoms with Crippen LogP contribution in [0.25, 0.3) is 0 Å². The van der Waals surface area contributed by atoms with Crippen LogP contribution < -0.4 is 5.73 Å². The highest BCUT2D eigenvalue weighted by Gasteiger charge is 2.47. The van der Waals surface area contributed by atoms with Gasteiger partial charge in [0.05, 0.1) is 0 Å². The van der Waals surface area contributed by atoms with E-state index < -0.39 is 0 Å². The van der Waals surface area contributed by atoms with Crippen molar-refractivity contribution in [3.05, 3.63) is 29.8 Å². The maximum Gasteiger partial charge on any atom is 0.0314 e. The zero-order valence-electron chi connectivity index (χ0n) is 13.1. The summed E-state index contributed by atoms with van der Waals surface area (Å²) in [4.78, 5) is 2.86. The van der Waals surface area contributed by atoms with Crippen molar-refractivity contribution < 1.29 is 0 Å². The summed E-state index contributed by atoms with van der Waals surface area (Å²) >= 11 is 0. The molecule has 0 aromatic heterocycles. The van der Waals surface area contributed by atoms with Crippen molar-refractivity contribution in [3.8, 4) is 0 Å². The van der Waals surface area contributed by atoms with Crippen LogP contribution >= 0.6 is 0 Å². The van der Waals surface area contributed by atoms with Gasteiger partial charge in [-0.05, 0) is 68.7 Å². The van der Waals surface area contributed by atoms with Gasteiger partial charge in [0.1, 0.15) is 0 Å². The molecular formula is C19H28N2. The molecule has 1 aliphatic heterocycles. The van der Waals surface area contributed by atoms with Gasteiger partial charge in [-0.15, -0.1) is 0 Å². The molecule has 1 aromatic rings. The van der Waals surface area contributed by atoms with Crippen molar-refractivity contribution in [3.63, 3.8) is 0 Å². The van der Waals surface area contributed by atoms with Crippen molar-refractivity contribution in [2.45, 2.75) is 62.8 Å². The summed E-state index contributed by atoms with van der Waals surface area (Å²) in [5.41, 5.74) is 8.71. The summed E-state index contributed by atoms with van der Waals surface area (Å²) in [6.07, 6.45) is 11.5. The molecule has 0 bridgehead atoms. The minimum atomic E-state index is 0.451. The Kier molecular flexibility index (Phi) is 3.45. The standard InChI is InChI=1S/C19H28N2/c20-17-9-7-16(8-10-17)19(11-12-19)14-21-13-3-5-15-4-1-2-6-18(15)21/h7-10,15,18H,1-6,11-14,20H2/t15-,18-/m1/s1. The van der Waals surface area contributed by atoms with E-state index in [1.165, 1.54) is 70.0 Å². The van der Waals surface area contributed by atoms with E-state index in [4.69, 9.17) is 5.73 Å². The lowest BCUT2D eigenvalue weighted by atomic mass is 9.77. The number of anilines is 1. The maximum absolute atomic E-state index is 5.85. The van der Waals surface area contributed by atoms with Crippen LogP contribution in [0.2, 0.25) is 0 Å². The van der Waals surface area contributed by atoms with Gasteiger partial charge in [0.2, 0.25) is 0 Å². The van der Waals surface area contributed by atoms with Crippen LogP contribution in [0, 0.1) is 5.92 Å². The Hall–Kier alpha value is -1.02. The Balaban J connectivity index is 1.50. The van der Waals surface area contributed by atoms with Gasteiger partial charge in [0, 0.05) is 23.7 Å². The van der Waals surface area contributed by atoms with Gasteiger partial charge in [-0.25, -0.2) is 0 Å². The van der Waals surface area contributed by atoms with Crippen LogP contribution in [0.4, 0.5) is 5.69 Å². The molecule has 3 fully saturated rings. The Bertz CT molecular complexity index is 487. The second kappa shape index (κ2) is 5.31. The first-order chi connectivity index (χ1) is 10.3. The van der Waals surface area contributed by atoms with Gasteiger partial charge in [-0.3, -0.25) is 4.90 Å². The third-order valence-corrected chi connectivity index (χ3v) is 6.24. The number of hydrogen-bond acceptors (Lipinski definition) is 2. The summed E-state index contributed by atoms with van der Waals surface area (Å²) in [7, 11) is 0. The van der Waals surface area contributed by atoms with Crippen molar-refractivity contribution in [1.82, 2.24) is 4.90 Å². The van der Waals surface area contributed by atoms with Crippen LogP contribution in [0.5, 0.6) is 0 Å². The summed E-state index contributed by atoms with van der Waals surface area (Å²) in [5, 5.41) is 0. The predicted molar refractivity (Wildman–Crippen MR) is 88.3 cm³/mol. The van der Waals surface area contributed by atoms with Crippen LogP contribution in [0.3, 0.4) is 0 Å². The van der Waals surface area contributed by atoms with Gasteiger partial charge in [-0.2, -0.15) is 0 Å². The highest BCUT2D eigenvalue weighted by Crippen LogP contribution is 2.50. The van der Waals surface area contributed by atoms with E-state index >= 15 is 0 Å². The van der Waals surface area contributed by atoms with Gasteiger partial charge in [0.15, 0.2) is 0 Å². The fourth-order valence-corrected chi connectivity index (χ4v) is 4.84. The monoisotopic (exact) mass is 284 g/mol. The highest BCUT2D eigenvalue weighted by molar-refractivity contribution is 5.43. The Morgan fingerprint density at radius 1 is 1.00 bits per heavy atom. The SMILES string of the molecule is Nc1ccc(C2(CN3CCC[C@H]4CCCC[C@H]43)CC2)cc1. The Labute approximate surface area is 128 Å². The number of fused-ring (bicyclic) bond motifs is 1.